The number of hydrogen-bond acceptors (Lipinski definition) is 3. The molecule has 0 aliphatic rings. The van der Waals surface area contributed by atoms with Gasteiger partial charge in [-0.15, -0.1) is 0 Å². The van der Waals surface area contributed by atoms with Crippen LogP contribution >= 0.6 is 11.6 Å². The lowest BCUT2D eigenvalue weighted by Gasteiger charge is -2.26. The smallest absolute Gasteiger partial charge is 0.128 e. The second-order valence-corrected chi connectivity index (χ2v) is 4.45. The number of anilines is 1. The monoisotopic (exact) mass is 242 g/mol. The van der Waals surface area contributed by atoms with Gasteiger partial charge in [-0.2, -0.15) is 0 Å². The summed E-state index contributed by atoms with van der Waals surface area (Å²) in [6, 6.07) is 2.28. The van der Waals surface area contributed by atoms with Crippen LogP contribution in [-0.2, 0) is 6.61 Å². The Kier molecular flexibility index (Phi) is 5.03. The van der Waals surface area contributed by atoms with Crippen molar-refractivity contribution in [3.8, 4) is 0 Å². The van der Waals surface area contributed by atoms with E-state index in [1.807, 2.05) is 13.1 Å². The maximum atomic E-state index is 9.14. The zero-order valence-electron chi connectivity index (χ0n) is 10.1. The van der Waals surface area contributed by atoms with Gasteiger partial charge in [0.15, 0.2) is 0 Å². The van der Waals surface area contributed by atoms with E-state index in [0.29, 0.717) is 11.1 Å². The van der Waals surface area contributed by atoms with Crippen LogP contribution in [0.1, 0.15) is 32.3 Å². The zero-order valence-corrected chi connectivity index (χ0v) is 10.8. The quantitative estimate of drug-likeness (QED) is 0.863. The summed E-state index contributed by atoms with van der Waals surface area (Å²) in [6.45, 7) is 4.28. The summed E-state index contributed by atoms with van der Waals surface area (Å²) in [5.41, 5.74) is 0.724. The van der Waals surface area contributed by atoms with Crippen LogP contribution in [-0.4, -0.2) is 23.2 Å². The molecular formula is C12H19ClN2O. The minimum atomic E-state index is -0.0512. The zero-order chi connectivity index (χ0) is 12.1. The van der Waals surface area contributed by atoms with Crippen LogP contribution in [0.3, 0.4) is 0 Å². The van der Waals surface area contributed by atoms with Gasteiger partial charge in [-0.3, -0.25) is 0 Å². The highest BCUT2D eigenvalue weighted by Gasteiger charge is 2.11. The molecule has 0 aliphatic carbocycles. The van der Waals surface area contributed by atoms with Crippen molar-refractivity contribution in [3.05, 3.63) is 22.8 Å². The van der Waals surface area contributed by atoms with Gasteiger partial charge in [0.05, 0.1) is 11.6 Å². The predicted molar refractivity (Wildman–Crippen MR) is 67.9 cm³/mol. The highest BCUT2D eigenvalue weighted by molar-refractivity contribution is 6.31. The molecule has 1 rings (SSSR count). The van der Waals surface area contributed by atoms with Crippen molar-refractivity contribution in [1.29, 1.82) is 0 Å². The van der Waals surface area contributed by atoms with Gasteiger partial charge in [0.2, 0.25) is 0 Å². The molecule has 0 saturated heterocycles. The Morgan fingerprint density at radius 3 is 2.81 bits per heavy atom. The molecule has 16 heavy (non-hydrogen) atoms. The van der Waals surface area contributed by atoms with Gasteiger partial charge in [0.25, 0.3) is 0 Å². The van der Waals surface area contributed by atoms with Crippen molar-refractivity contribution < 1.29 is 5.11 Å². The van der Waals surface area contributed by atoms with E-state index in [1.165, 1.54) is 0 Å². The highest BCUT2D eigenvalue weighted by Crippen LogP contribution is 2.21. The number of pyridine rings is 1. The number of hydrogen-bond donors (Lipinski definition) is 1. The van der Waals surface area contributed by atoms with Crippen molar-refractivity contribution in [2.75, 3.05) is 11.9 Å². The Balaban J connectivity index is 2.87. The van der Waals surface area contributed by atoms with Gasteiger partial charge in [0.1, 0.15) is 5.82 Å². The maximum Gasteiger partial charge on any atom is 0.128 e. The molecule has 3 nitrogen and oxygen atoms in total. The number of nitrogens with zero attached hydrogens (tertiary/aromatic N) is 2. The molecule has 1 aromatic heterocycles. The molecule has 1 unspecified atom stereocenters. The third-order valence-electron chi connectivity index (χ3n) is 2.82. The minimum absolute atomic E-state index is 0.0512. The first-order valence-corrected chi connectivity index (χ1v) is 5.96. The van der Waals surface area contributed by atoms with Crippen molar-refractivity contribution in [2.45, 2.75) is 39.3 Å². The van der Waals surface area contributed by atoms with Gasteiger partial charge in [-0.25, -0.2) is 4.98 Å². The van der Waals surface area contributed by atoms with Crippen molar-refractivity contribution in [3.63, 3.8) is 0 Å². The molecule has 90 valence electrons. The Labute approximate surface area is 102 Å². The average Bonchev–Trinajstić information content (AvgIpc) is 2.29. The van der Waals surface area contributed by atoms with Gasteiger partial charge in [0, 0.05) is 24.8 Å². The van der Waals surface area contributed by atoms with E-state index in [2.05, 4.69) is 23.7 Å². The molecule has 0 radical (unpaired) electrons. The lowest BCUT2D eigenvalue weighted by atomic mass is 10.1. The topological polar surface area (TPSA) is 36.4 Å². The number of aliphatic hydroxyl groups excluding tert-OH is 1. The lowest BCUT2D eigenvalue weighted by molar-refractivity contribution is 0.282. The molecule has 1 N–H and O–H groups in total. The van der Waals surface area contributed by atoms with E-state index >= 15 is 0 Å². The number of aliphatic hydroxyl groups is 1. The van der Waals surface area contributed by atoms with Gasteiger partial charge in [-0.05, 0) is 19.4 Å². The molecule has 0 bridgehead atoms. The summed E-state index contributed by atoms with van der Waals surface area (Å²) in [5, 5.41) is 9.65. The number of rotatable bonds is 5. The Hall–Kier alpha value is -0.800. The third-order valence-corrected chi connectivity index (χ3v) is 3.16. The van der Waals surface area contributed by atoms with Crippen LogP contribution in [0.2, 0.25) is 5.02 Å². The van der Waals surface area contributed by atoms with Gasteiger partial charge < -0.3 is 10.0 Å². The van der Waals surface area contributed by atoms with Crippen LogP contribution in [0.5, 0.6) is 0 Å². The summed E-state index contributed by atoms with van der Waals surface area (Å²) in [7, 11) is 2.01. The standard InChI is InChI=1S/C12H19ClN2O/c1-4-5-9(2)15(3)12-6-10(8-16)11(13)7-14-12/h6-7,9,16H,4-5,8H2,1-3H3. The van der Waals surface area contributed by atoms with Crippen molar-refractivity contribution in [2.24, 2.45) is 0 Å². The fraction of sp³-hybridized carbons (Fsp3) is 0.583. The van der Waals surface area contributed by atoms with E-state index in [0.717, 1.165) is 24.2 Å². The number of halogens is 1. The molecule has 1 aromatic rings. The molecule has 4 heteroatoms. The van der Waals surface area contributed by atoms with Crippen LogP contribution in [0.25, 0.3) is 0 Å². The van der Waals surface area contributed by atoms with Crippen LogP contribution in [0.15, 0.2) is 12.3 Å². The van der Waals surface area contributed by atoms with E-state index in [4.69, 9.17) is 16.7 Å². The third kappa shape index (κ3) is 3.09. The summed E-state index contributed by atoms with van der Waals surface area (Å²) in [5.74, 6) is 0.856. The summed E-state index contributed by atoms with van der Waals surface area (Å²) >= 11 is 5.90. The largest absolute Gasteiger partial charge is 0.392 e. The first-order chi connectivity index (χ1) is 7.60. The minimum Gasteiger partial charge on any atom is -0.392 e. The second kappa shape index (κ2) is 6.06. The fourth-order valence-electron chi connectivity index (χ4n) is 1.62. The summed E-state index contributed by atoms with van der Waals surface area (Å²) in [4.78, 5) is 6.38. The molecule has 1 heterocycles. The second-order valence-electron chi connectivity index (χ2n) is 4.04. The first kappa shape index (κ1) is 13.3. The van der Waals surface area contributed by atoms with Crippen LogP contribution in [0, 0.1) is 0 Å². The molecule has 1 atom stereocenters. The molecular weight excluding hydrogens is 224 g/mol. The average molecular weight is 243 g/mol. The summed E-state index contributed by atoms with van der Waals surface area (Å²) < 4.78 is 0. The highest BCUT2D eigenvalue weighted by atomic mass is 35.5. The molecule has 0 amide bonds. The lowest BCUT2D eigenvalue weighted by Crippen LogP contribution is -2.29. The molecule has 0 spiro atoms. The van der Waals surface area contributed by atoms with E-state index in [1.54, 1.807) is 6.20 Å². The van der Waals surface area contributed by atoms with Gasteiger partial charge in [-0.1, -0.05) is 24.9 Å². The molecule has 0 fully saturated rings. The Morgan fingerprint density at radius 1 is 1.56 bits per heavy atom. The van der Waals surface area contributed by atoms with Crippen molar-refractivity contribution >= 4 is 17.4 Å². The van der Waals surface area contributed by atoms with Crippen LogP contribution in [0.4, 0.5) is 5.82 Å². The molecule has 0 aromatic carbocycles. The van der Waals surface area contributed by atoms with E-state index in [-0.39, 0.29) is 6.61 Å². The summed E-state index contributed by atoms with van der Waals surface area (Å²) in [6.07, 6.45) is 3.86. The predicted octanol–water partition coefficient (Wildman–Crippen LogP) is 2.85. The maximum absolute atomic E-state index is 9.14. The number of aromatic nitrogens is 1. The fourth-order valence-corrected chi connectivity index (χ4v) is 1.78. The van der Waals surface area contributed by atoms with Crippen molar-refractivity contribution in [1.82, 2.24) is 4.98 Å². The van der Waals surface area contributed by atoms with E-state index < -0.39 is 0 Å². The van der Waals surface area contributed by atoms with Crippen LogP contribution < -0.4 is 4.90 Å². The van der Waals surface area contributed by atoms with Gasteiger partial charge >= 0.3 is 0 Å². The molecule has 0 aliphatic heterocycles. The molecule has 0 saturated carbocycles. The van der Waals surface area contributed by atoms with E-state index in [9.17, 15) is 0 Å². The SMILES string of the molecule is CCCC(C)N(C)c1cc(CO)c(Cl)cn1. The Morgan fingerprint density at radius 2 is 2.25 bits per heavy atom. The normalized spacial score (nSPS) is 12.6. The first-order valence-electron chi connectivity index (χ1n) is 5.58. The Bertz CT molecular complexity index is 344.